The van der Waals surface area contributed by atoms with Gasteiger partial charge in [0.1, 0.15) is 0 Å². The van der Waals surface area contributed by atoms with Crippen molar-refractivity contribution in [3.63, 3.8) is 0 Å². The molecular formula is C26H30N2O2. The number of anilines is 2. The van der Waals surface area contributed by atoms with Crippen LogP contribution in [-0.2, 0) is 11.2 Å². The zero-order valence-electron chi connectivity index (χ0n) is 17.9. The molecule has 1 N–H and O–H groups in total. The Hall–Kier alpha value is -2.85. The third-order valence-corrected chi connectivity index (χ3v) is 5.92. The van der Waals surface area contributed by atoms with Gasteiger partial charge < -0.3 is 15.0 Å². The van der Waals surface area contributed by atoms with Crippen LogP contribution < -0.4 is 10.2 Å². The van der Waals surface area contributed by atoms with Crippen molar-refractivity contribution in [2.24, 2.45) is 5.92 Å². The fourth-order valence-corrected chi connectivity index (χ4v) is 4.12. The smallest absolute Gasteiger partial charge is 0.255 e. The maximum atomic E-state index is 12.8. The highest BCUT2D eigenvalue weighted by Gasteiger charge is 2.18. The van der Waals surface area contributed by atoms with Crippen molar-refractivity contribution in [3.8, 4) is 0 Å². The maximum Gasteiger partial charge on any atom is 0.255 e. The molecule has 0 spiro atoms. The van der Waals surface area contributed by atoms with Crippen LogP contribution in [0, 0.1) is 5.92 Å². The lowest BCUT2D eigenvalue weighted by molar-refractivity contribution is 0.102. The lowest BCUT2D eigenvalue weighted by Crippen LogP contribution is -2.32. The zero-order valence-corrected chi connectivity index (χ0v) is 17.9. The third-order valence-electron chi connectivity index (χ3n) is 5.92. The van der Waals surface area contributed by atoms with Gasteiger partial charge in [-0.1, -0.05) is 43.4 Å². The van der Waals surface area contributed by atoms with Gasteiger partial charge in [0.05, 0.1) is 6.61 Å². The first kappa shape index (κ1) is 20.4. The van der Waals surface area contributed by atoms with Gasteiger partial charge in [-0.25, -0.2) is 0 Å². The monoisotopic (exact) mass is 402 g/mol. The van der Waals surface area contributed by atoms with Crippen LogP contribution >= 0.6 is 0 Å². The van der Waals surface area contributed by atoms with Crippen molar-refractivity contribution in [2.45, 2.75) is 26.2 Å². The molecule has 156 valence electrons. The molecule has 4 rings (SSSR count). The number of ether oxygens (including phenoxy) is 1. The molecule has 0 bridgehead atoms. The summed E-state index contributed by atoms with van der Waals surface area (Å²) in [7, 11) is 1.73. The number of hydrogen-bond acceptors (Lipinski definition) is 3. The van der Waals surface area contributed by atoms with Crippen molar-refractivity contribution < 1.29 is 9.53 Å². The first-order chi connectivity index (χ1) is 14.6. The molecule has 0 fully saturated rings. The number of methoxy groups -OCH3 is 1. The number of fused-ring (bicyclic) bond motifs is 1. The Bertz CT molecular complexity index is 959. The van der Waals surface area contributed by atoms with E-state index in [0.717, 1.165) is 43.6 Å². The summed E-state index contributed by atoms with van der Waals surface area (Å²) in [5.41, 5.74) is 6.42. The van der Waals surface area contributed by atoms with Gasteiger partial charge in [-0.05, 0) is 66.1 Å². The van der Waals surface area contributed by atoms with Gasteiger partial charge in [0.2, 0.25) is 0 Å². The normalized spacial score (nSPS) is 18.0. The molecule has 1 atom stereocenters. The highest BCUT2D eigenvalue weighted by molar-refractivity contribution is 6.04. The molecule has 0 saturated heterocycles. The Morgan fingerprint density at radius 2 is 2.03 bits per heavy atom. The van der Waals surface area contributed by atoms with Gasteiger partial charge in [-0.2, -0.15) is 0 Å². The van der Waals surface area contributed by atoms with E-state index in [1.807, 2.05) is 30.3 Å². The largest absolute Gasteiger partial charge is 0.383 e. The van der Waals surface area contributed by atoms with Gasteiger partial charge in [0, 0.05) is 37.1 Å². The molecule has 1 aliphatic carbocycles. The second kappa shape index (κ2) is 9.31. The zero-order chi connectivity index (χ0) is 20.9. The Morgan fingerprint density at radius 3 is 2.77 bits per heavy atom. The minimum absolute atomic E-state index is 0.0810. The molecule has 0 saturated carbocycles. The SMILES string of the molecule is COCCN1CCCc2ccc(NC(=O)c3ccc(C4=CCC(C)C=C4)cc3)cc21. The van der Waals surface area contributed by atoms with Crippen molar-refractivity contribution in [1.29, 1.82) is 0 Å². The lowest BCUT2D eigenvalue weighted by Gasteiger charge is -2.31. The van der Waals surface area contributed by atoms with E-state index in [4.69, 9.17) is 4.74 Å². The van der Waals surface area contributed by atoms with Crippen LogP contribution in [0.2, 0.25) is 0 Å². The number of nitrogens with zero attached hydrogens (tertiary/aromatic N) is 1. The molecule has 2 aromatic rings. The molecule has 1 aliphatic heterocycles. The van der Waals surface area contributed by atoms with Crippen LogP contribution in [0.15, 0.2) is 60.7 Å². The molecule has 0 aromatic heterocycles. The van der Waals surface area contributed by atoms with Gasteiger partial charge in [0.15, 0.2) is 0 Å². The van der Waals surface area contributed by atoms with Crippen LogP contribution in [0.1, 0.15) is 41.3 Å². The van der Waals surface area contributed by atoms with E-state index in [0.29, 0.717) is 18.1 Å². The molecule has 0 radical (unpaired) electrons. The molecule has 1 unspecified atom stereocenters. The number of hydrogen-bond donors (Lipinski definition) is 1. The second-order valence-electron chi connectivity index (χ2n) is 8.19. The topological polar surface area (TPSA) is 41.6 Å². The molecule has 4 heteroatoms. The molecule has 4 nitrogen and oxygen atoms in total. The molecular weight excluding hydrogens is 372 g/mol. The average Bonchev–Trinajstić information content (AvgIpc) is 2.78. The van der Waals surface area contributed by atoms with E-state index in [2.05, 4.69) is 47.5 Å². The summed E-state index contributed by atoms with van der Waals surface area (Å²) in [4.78, 5) is 15.1. The highest BCUT2D eigenvalue weighted by Crippen LogP contribution is 2.30. The quantitative estimate of drug-likeness (QED) is 0.711. The van der Waals surface area contributed by atoms with Crippen molar-refractivity contribution in [2.75, 3.05) is 37.0 Å². The number of nitrogens with one attached hydrogen (secondary N) is 1. The molecule has 30 heavy (non-hydrogen) atoms. The van der Waals surface area contributed by atoms with Crippen molar-refractivity contribution in [3.05, 3.63) is 77.4 Å². The van der Waals surface area contributed by atoms with Crippen LogP contribution in [-0.4, -0.2) is 32.7 Å². The summed E-state index contributed by atoms with van der Waals surface area (Å²) in [5, 5.41) is 3.06. The van der Waals surface area contributed by atoms with Crippen molar-refractivity contribution >= 4 is 22.9 Å². The predicted octanol–water partition coefficient (Wildman–Crippen LogP) is 5.32. The van der Waals surface area contributed by atoms with E-state index in [-0.39, 0.29) is 5.91 Å². The van der Waals surface area contributed by atoms with Gasteiger partial charge in [0.25, 0.3) is 5.91 Å². The standard InChI is InChI=1S/C26H30N2O2/c1-19-5-7-20(8-6-19)21-9-11-23(12-10-21)26(29)27-24-14-13-22-4-3-15-28(16-17-30-2)25(22)18-24/h5,7-14,18-19H,3-4,6,15-17H2,1-2H3,(H,27,29). The van der Waals surface area contributed by atoms with E-state index in [9.17, 15) is 4.79 Å². The number of aryl methyl sites for hydroxylation is 1. The van der Waals surface area contributed by atoms with E-state index in [1.54, 1.807) is 7.11 Å². The van der Waals surface area contributed by atoms with Crippen molar-refractivity contribution in [1.82, 2.24) is 0 Å². The summed E-state index contributed by atoms with van der Waals surface area (Å²) in [5.74, 6) is 0.517. The maximum absolute atomic E-state index is 12.8. The Morgan fingerprint density at radius 1 is 1.20 bits per heavy atom. The number of carbonyl (C=O) groups excluding carboxylic acids is 1. The van der Waals surface area contributed by atoms with E-state index in [1.165, 1.54) is 16.8 Å². The van der Waals surface area contributed by atoms with E-state index >= 15 is 0 Å². The summed E-state index contributed by atoms with van der Waals surface area (Å²) in [6, 6.07) is 14.1. The molecule has 2 aromatic carbocycles. The van der Waals surface area contributed by atoms with Gasteiger partial charge in [-0.3, -0.25) is 4.79 Å². The molecule has 1 amide bonds. The number of rotatable bonds is 6. The minimum atomic E-state index is -0.0810. The van der Waals surface area contributed by atoms with Gasteiger partial charge in [-0.15, -0.1) is 0 Å². The van der Waals surface area contributed by atoms with Crippen LogP contribution in [0.3, 0.4) is 0 Å². The van der Waals surface area contributed by atoms with Crippen LogP contribution in [0.5, 0.6) is 0 Å². The second-order valence-corrected chi connectivity index (χ2v) is 8.19. The summed E-state index contributed by atoms with van der Waals surface area (Å²) in [6.45, 7) is 4.81. The fraction of sp³-hybridized carbons (Fsp3) is 0.346. The number of carbonyl (C=O) groups is 1. The molecule has 2 aliphatic rings. The predicted molar refractivity (Wildman–Crippen MR) is 124 cm³/mol. The molecule has 1 heterocycles. The minimum Gasteiger partial charge on any atom is -0.383 e. The van der Waals surface area contributed by atoms with Crippen LogP contribution in [0.25, 0.3) is 5.57 Å². The third kappa shape index (κ3) is 4.65. The average molecular weight is 403 g/mol. The van der Waals surface area contributed by atoms with Gasteiger partial charge >= 0.3 is 0 Å². The Balaban J connectivity index is 1.46. The summed E-state index contributed by atoms with van der Waals surface area (Å²) in [6.07, 6.45) is 9.97. The Kier molecular flexibility index (Phi) is 6.34. The number of allylic oxidation sites excluding steroid dienone is 4. The van der Waals surface area contributed by atoms with E-state index < -0.39 is 0 Å². The summed E-state index contributed by atoms with van der Waals surface area (Å²) >= 11 is 0. The lowest BCUT2D eigenvalue weighted by atomic mass is 9.94. The summed E-state index contributed by atoms with van der Waals surface area (Å²) < 4.78 is 5.25. The first-order valence-electron chi connectivity index (χ1n) is 10.8. The Labute approximate surface area is 179 Å². The van der Waals surface area contributed by atoms with Crippen LogP contribution in [0.4, 0.5) is 11.4 Å². The number of benzene rings is 2. The first-order valence-corrected chi connectivity index (χ1v) is 10.8. The fourth-order valence-electron chi connectivity index (χ4n) is 4.12. The number of amides is 1. The highest BCUT2D eigenvalue weighted by atomic mass is 16.5.